The predicted octanol–water partition coefficient (Wildman–Crippen LogP) is 5.86. The maximum Gasteiger partial charge on any atom is 0.336 e. The van der Waals surface area contributed by atoms with E-state index in [0.717, 1.165) is 22.8 Å². The summed E-state index contributed by atoms with van der Waals surface area (Å²) in [5.74, 6) is -2.06. The Kier molecular flexibility index (Phi) is 8.60. The molecule has 0 radical (unpaired) electrons. The molecule has 0 aliphatic heterocycles. The first-order chi connectivity index (χ1) is 18.8. The van der Waals surface area contributed by atoms with Crippen molar-refractivity contribution in [3.8, 4) is 11.5 Å². The van der Waals surface area contributed by atoms with E-state index in [0.29, 0.717) is 17.1 Å². The van der Waals surface area contributed by atoms with Gasteiger partial charge < -0.3 is 25.6 Å². The van der Waals surface area contributed by atoms with E-state index in [-0.39, 0.29) is 22.8 Å². The summed E-state index contributed by atoms with van der Waals surface area (Å²) in [6.45, 7) is 0. The highest BCUT2D eigenvalue weighted by Crippen LogP contribution is 2.24. The number of carboxylic acids is 2. The summed E-state index contributed by atoms with van der Waals surface area (Å²) in [4.78, 5) is 48.4. The van der Waals surface area contributed by atoms with Crippen LogP contribution in [-0.2, 0) is 4.79 Å². The standard InChI is InChI=1S/C29H22N2O7S/c32-26(30-19-7-11-22(12-8-19)38-21-4-2-1-3-5-21)17-39-23-13-9-20(10-14-23)31-27(33)24-15-6-18(28(34)35)16-25(24)29(36)37/h1-16H,17H2,(H,30,32)(H,31,33)(H,34,35)(H,36,37). The molecule has 10 heteroatoms. The first-order valence-electron chi connectivity index (χ1n) is 11.6. The van der Waals surface area contributed by atoms with Crippen LogP contribution in [0.25, 0.3) is 0 Å². The van der Waals surface area contributed by atoms with Crippen molar-refractivity contribution in [1.82, 2.24) is 0 Å². The van der Waals surface area contributed by atoms with Crippen molar-refractivity contribution in [2.45, 2.75) is 4.90 Å². The minimum atomic E-state index is -1.41. The molecule has 0 aromatic heterocycles. The van der Waals surface area contributed by atoms with Crippen LogP contribution in [0.2, 0.25) is 0 Å². The first kappa shape index (κ1) is 27.0. The van der Waals surface area contributed by atoms with E-state index < -0.39 is 23.4 Å². The Balaban J connectivity index is 1.28. The second-order valence-electron chi connectivity index (χ2n) is 8.13. The monoisotopic (exact) mass is 542 g/mol. The zero-order valence-corrected chi connectivity index (χ0v) is 21.1. The molecule has 2 amide bonds. The van der Waals surface area contributed by atoms with Gasteiger partial charge in [-0.1, -0.05) is 18.2 Å². The van der Waals surface area contributed by atoms with Gasteiger partial charge in [0, 0.05) is 16.3 Å². The maximum atomic E-state index is 12.6. The molecule has 39 heavy (non-hydrogen) atoms. The number of ether oxygens (including phenoxy) is 1. The van der Waals surface area contributed by atoms with Gasteiger partial charge in [0.2, 0.25) is 5.91 Å². The van der Waals surface area contributed by atoms with E-state index in [1.165, 1.54) is 17.8 Å². The van der Waals surface area contributed by atoms with Gasteiger partial charge in [-0.05, 0) is 78.9 Å². The van der Waals surface area contributed by atoms with Gasteiger partial charge in [-0.25, -0.2) is 9.59 Å². The number of thioether (sulfide) groups is 1. The van der Waals surface area contributed by atoms with Gasteiger partial charge in [-0.15, -0.1) is 11.8 Å². The van der Waals surface area contributed by atoms with Gasteiger partial charge in [0.25, 0.3) is 5.91 Å². The minimum Gasteiger partial charge on any atom is -0.478 e. The largest absolute Gasteiger partial charge is 0.478 e. The second-order valence-corrected chi connectivity index (χ2v) is 9.17. The van der Waals surface area contributed by atoms with Crippen molar-refractivity contribution in [2.75, 3.05) is 16.4 Å². The SMILES string of the molecule is O=C(CSc1ccc(NC(=O)c2ccc(C(=O)O)cc2C(=O)O)cc1)Nc1ccc(Oc2ccccc2)cc1. The molecule has 0 bridgehead atoms. The van der Waals surface area contributed by atoms with Crippen molar-refractivity contribution in [2.24, 2.45) is 0 Å². The van der Waals surface area contributed by atoms with E-state index in [2.05, 4.69) is 10.6 Å². The molecule has 196 valence electrons. The average Bonchev–Trinajstić information content (AvgIpc) is 2.94. The summed E-state index contributed by atoms with van der Waals surface area (Å²) in [7, 11) is 0. The number of carbonyl (C=O) groups excluding carboxylic acids is 2. The third-order valence-electron chi connectivity index (χ3n) is 5.34. The van der Waals surface area contributed by atoms with Gasteiger partial charge in [-0.2, -0.15) is 0 Å². The smallest absolute Gasteiger partial charge is 0.336 e. The Hall–Kier alpha value is -5.09. The van der Waals surface area contributed by atoms with Crippen LogP contribution >= 0.6 is 11.8 Å². The van der Waals surface area contributed by atoms with Gasteiger partial charge in [0.15, 0.2) is 0 Å². The predicted molar refractivity (Wildman–Crippen MR) is 147 cm³/mol. The summed E-state index contributed by atoms with van der Waals surface area (Å²) in [5.41, 5.74) is 0.233. The lowest BCUT2D eigenvalue weighted by atomic mass is 10.0. The van der Waals surface area contributed by atoms with Crippen molar-refractivity contribution < 1.29 is 34.1 Å². The van der Waals surface area contributed by atoms with Crippen molar-refractivity contribution in [3.63, 3.8) is 0 Å². The van der Waals surface area contributed by atoms with E-state index >= 15 is 0 Å². The minimum absolute atomic E-state index is 0.159. The van der Waals surface area contributed by atoms with Crippen LogP contribution in [0, 0.1) is 0 Å². The summed E-state index contributed by atoms with van der Waals surface area (Å²) in [6.07, 6.45) is 0. The number of carbonyl (C=O) groups is 4. The van der Waals surface area contributed by atoms with Crippen LogP contribution in [0.3, 0.4) is 0 Å². The van der Waals surface area contributed by atoms with Crippen molar-refractivity contribution in [3.05, 3.63) is 114 Å². The number of nitrogens with one attached hydrogen (secondary N) is 2. The number of carboxylic acid groups (broad SMARTS) is 2. The molecule has 0 atom stereocenters. The number of aromatic carboxylic acids is 2. The van der Waals surface area contributed by atoms with E-state index in [1.807, 2.05) is 30.3 Å². The number of benzene rings is 4. The van der Waals surface area contributed by atoms with E-state index in [9.17, 15) is 24.3 Å². The molecule has 4 N–H and O–H groups in total. The van der Waals surface area contributed by atoms with Crippen molar-refractivity contribution >= 4 is 46.9 Å². The lowest BCUT2D eigenvalue weighted by Crippen LogP contribution is -2.17. The van der Waals surface area contributed by atoms with Gasteiger partial charge in [0.1, 0.15) is 11.5 Å². The molecule has 0 fully saturated rings. The molecule has 0 saturated heterocycles. The number of rotatable bonds is 10. The third-order valence-corrected chi connectivity index (χ3v) is 6.35. The lowest BCUT2D eigenvalue weighted by molar-refractivity contribution is -0.113. The molecular weight excluding hydrogens is 520 g/mol. The van der Waals surface area contributed by atoms with Gasteiger partial charge >= 0.3 is 11.9 Å². The van der Waals surface area contributed by atoms with Crippen LogP contribution in [0.1, 0.15) is 31.1 Å². The molecule has 4 rings (SSSR count). The molecule has 4 aromatic carbocycles. The van der Waals surface area contributed by atoms with Gasteiger partial charge in [0.05, 0.1) is 22.4 Å². The number of anilines is 2. The quantitative estimate of drug-likeness (QED) is 0.183. The van der Waals surface area contributed by atoms with E-state index in [1.54, 1.807) is 48.5 Å². The topological polar surface area (TPSA) is 142 Å². The molecule has 9 nitrogen and oxygen atoms in total. The summed E-state index contributed by atoms with van der Waals surface area (Å²) in [6, 6.07) is 26.4. The van der Waals surface area contributed by atoms with Crippen LogP contribution in [0.4, 0.5) is 11.4 Å². The van der Waals surface area contributed by atoms with Crippen LogP contribution in [-0.4, -0.2) is 39.7 Å². The normalized spacial score (nSPS) is 10.4. The Labute approximate surface area is 227 Å². The fourth-order valence-electron chi connectivity index (χ4n) is 3.46. The zero-order valence-electron chi connectivity index (χ0n) is 20.3. The number of hydrogen-bond donors (Lipinski definition) is 4. The molecular formula is C29H22N2O7S. The van der Waals surface area contributed by atoms with Gasteiger partial charge in [-0.3, -0.25) is 9.59 Å². The molecule has 0 aliphatic rings. The highest BCUT2D eigenvalue weighted by Gasteiger charge is 2.19. The van der Waals surface area contributed by atoms with Crippen LogP contribution < -0.4 is 15.4 Å². The fraction of sp³-hybridized carbons (Fsp3) is 0.0345. The Morgan fingerprint density at radius 2 is 1.28 bits per heavy atom. The Bertz CT molecular complexity index is 1510. The van der Waals surface area contributed by atoms with Crippen molar-refractivity contribution in [1.29, 1.82) is 0 Å². The van der Waals surface area contributed by atoms with E-state index in [4.69, 9.17) is 9.84 Å². The molecule has 0 spiro atoms. The zero-order chi connectivity index (χ0) is 27.8. The lowest BCUT2D eigenvalue weighted by Gasteiger charge is -2.10. The average molecular weight is 543 g/mol. The summed E-state index contributed by atoms with van der Waals surface area (Å²) >= 11 is 1.30. The molecule has 0 aliphatic carbocycles. The Morgan fingerprint density at radius 1 is 0.667 bits per heavy atom. The second kappa shape index (κ2) is 12.4. The number of hydrogen-bond acceptors (Lipinski definition) is 6. The fourth-order valence-corrected chi connectivity index (χ4v) is 4.16. The number of amides is 2. The maximum absolute atomic E-state index is 12.6. The highest BCUT2D eigenvalue weighted by molar-refractivity contribution is 8.00. The highest BCUT2D eigenvalue weighted by atomic mass is 32.2. The molecule has 0 heterocycles. The Morgan fingerprint density at radius 3 is 1.92 bits per heavy atom. The number of para-hydroxylation sites is 1. The molecule has 0 unspecified atom stereocenters. The summed E-state index contributed by atoms with van der Waals surface area (Å²) in [5, 5.41) is 23.9. The molecule has 0 saturated carbocycles. The van der Waals surface area contributed by atoms with Crippen LogP contribution in [0.5, 0.6) is 11.5 Å². The first-order valence-corrected chi connectivity index (χ1v) is 12.5. The molecule has 4 aromatic rings. The third kappa shape index (κ3) is 7.46. The summed E-state index contributed by atoms with van der Waals surface area (Å²) < 4.78 is 5.74. The van der Waals surface area contributed by atoms with Crippen LogP contribution in [0.15, 0.2) is 102 Å².